The van der Waals surface area contributed by atoms with Crippen LogP contribution in [0.3, 0.4) is 0 Å². The molecule has 0 aliphatic carbocycles. The number of aliphatic hydroxyl groups is 1. The van der Waals surface area contributed by atoms with Gasteiger partial charge in [0.25, 0.3) is 0 Å². The molecule has 0 radical (unpaired) electrons. The van der Waals surface area contributed by atoms with Gasteiger partial charge in [-0.05, 0) is 62.6 Å². The zero-order chi connectivity index (χ0) is 13.2. The molecule has 0 unspecified atom stereocenters. The van der Waals surface area contributed by atoms with Gasteiger partial charge >= 0.3 is 0 Å². The van der Waals surface area contributed by atoms with E-state index in [1.54, 1.807) is 0 Å². The van der Waals surface area contributed by atoms with Gasteiger partial charge in [-0.3, -0.25) is 0 Å². The molecule has 1 aliphatic rings. The molecule has 2 rings (SSSR count). The first-order chi connectivity index (χ1) is 8.54. The van der Waals surface area contributed by atoms with E-state index in [0.717, 1.165) is 6.42 Å². The van der Waals surface area contributed by atoms with Gasteiger partial charge in [0, 0.05) is 29.8 Å². The van der Waals surface area contributed by atoms with Crippen molar-refractivity contribution in [2.75, 3.05) is 24.3 Å². The zero-order valence-corrected chi connectivity index (χ0v) is 12.4. The lowest BCUT2D eigenvalue weighted by Crippen LogP contribution is -2.42. The number of fused-ring (bicyclic) bond motifs is 1. The van der Waals surface area contributed by atoms with Crippen LogP contribution < -0.4 is 4.90 Å². The van der Waals surface area contributed by atoms with E-state index in [1.165, 1.54) is 34.7 Å². The summed E-state index contributed by atoms with van der Waals surface area (Å²) in [7, 11) is 2.12. The Bertz CT molecular complexity index is 417. The van der Waals surface area contributed by atoms with Crippen molar-refractivity contribution in [1.82, 2.24) is 0 Å². The summed E-state index contributed by atoms with van der Waals surface area (Å²) in [6.07, 6.45) is 3.27. The summed E-state index contributed by atoms with van der Waals surface area (Å²) >= 11 is 1.97. The summed E-state index contributed by atoms with van der Waals surface area (Å²) in [5, 5.41) is 9.16. The van der Waals surface area contributed by atoms with Crippen molar-refractivity contribution in [2.45, 2.75) is 43.5 Å². The van der Waals surface area contributed by atoms with Crippen LogP contribution in [0, 0.1) is 0 Å². The molecule has 0 amide bonds. The van der Waals surface area contributed by atoms with Gasteiger partial charge in [0.1, 0.15) is 0 Å². The van der Waals surface area contributed by atoms with E-state index in [-0.39, 0.29) is 12.1 Å². The number of aryl methyl sites for hydroxylation is 1. The maximum Gasteiger partial charge on any atom is 0.0453 e. The fourth-order valence-corrected chi connectivity index (χ4v) is 3.37. The van der Waals surface area contributed by atoms with Gasteiger partial charge in [-0.1, -0.05) is 0 Å². The molecule has 0 atom stereocenters. The maximum atomic E-state index is 9.16. The number of nitrogens with zero attached hydrogens (tertiary/aromatic N) is 1. The third kappa shape index (κ3) is 2.83. The summed E-state index contributed by atoms with van der Waals surface area (Å²) in [6.45, 7) is 4.59. The van der Waals surface area contributed by atoms with Gasteiger partial charge in [-0.25, -0.2) is 0 Å². The van der Waals surface area contributed by atoms with E-state index in [1.807, 2.05) is 11.8 Å². The van der Waals surface area contributed by atoms with Crippen LogP contribution in [0.5, 0.6) is 0 Å². The van der Waals surface area contributed by atoms with Crippen molar-refractivity contribution in [3.63, 3.8) is 0 Å². The fourth-order valence-electron chi connectivity index (χ4n) is 2.35. The summed E-state index contributed by atoms with van der Waals surface area (Å²) in [4.78, 5) is 3.72. The van der Waals surface area contributed by atoms with Gasteiger partial charge in [0.15, 0.2) is 0 Å². The Morgan fingerprint density at radius 1 is 1.39 bits per heavy atom. The number of hydrogen-bond acceptors (Lipinski definition) is 3. The average molecular weight is 265 g/mol. The highest BCUT2D eigenvalue weighted by Crippen LogP contribution is 2.34. The molecule has 100 valence electrons. The topological polar surface area (TPSA) is 23.5 Å². The predicted molar refractivity (Wildman–Crippen MR) is 79.7 cm³/mol. The van der Waals surface area contributed by atoms with Crippen molar-refractivity contribution in [3.8, 4) is 0 Å². The summed E-state index contributed by atoms with van der Waals surface area (Å²) in [5.74, 6) is 1.25. The van der Waals surface area contributed by atoms with Crippen LogP contribution in [0.4, 0.5) is 5.69 Å². The smallest absolute Gasteiger partial charge is 0.0453 e. The third-order valence-corrected chi connectivity index (χ3v) is 5.11. The average Bonchev–Trinajstić information content (AvgIpc) is 2.37. The Kier molecular flexibility index (Phi) is 4.23. The molecule has 0 fully saturated rings. The molecule has 1 aromatic rings. The first-order valence-electron chi connectivity index (χ1n) is 6.65. The highest BCUT2D eigenvalue weighted by atomic mass is 32.2. The lowest BCUT2D eigenvalue weighted by atomic mass is 9.97. The summed E-state index contributed by atoms with van der Waals surface area (Å²) in [5.41, 5.74) is 2.73. The quantitative estimate of drug-likeness (QED) is 0.903. The Morgan fingerprint density at radius 3 is 2.89 bits per heavy atom. The Morgan fingerprint density at radius 2 is 2.17 bits per heavy atom. The van der Waals surface area contributed by atoms with Gasteiger partial charge in [-0.15, -0.1) is 11.8 Å². The number of rotatable bonds is 4. The molecule has 1 heterocycles. The van der Waals surface area contributed by atoms with E-state index in [2.05, 4.69) is 44.0 Å². The molecule has 0 spiro atoms. The van der Waals surface area contributed by atoms with E-state index in [0.29, 0.717) is 0 Å². The van der Waals surface area contributed by atoms with Crippen molar-refractivity contribution in [3.05, 3.63) is 23.8 Å². The van der Waals surface area contributed by atoms with Crippen LogP contribution in [0.25, 0.3) is 0 Å². The van der Waals surface area contributed by atoms with Crippen molar-refractivity contribution < 1.29 is 5.11 Å². The zero-order valence-electron chi connectivity index (χ0n) is 11.6. The normalized spacial score (nSPS) is 15.3. The van der Waals surface area contributed by atoms with Gasteiger partial charge in [0.05, 0.1) is 0 Å². The van der Waals surface area contributed by atoms with E-state index in [4.69, 9.17) is 5.11 Å². The van der Waals surface area contributed by atoms with Gasteiger partial charge < -0.3 is 10.0 Å². The molecule has 1 aliphatic heterocycles. The van der Waals surface area contributed by atoms with E-state index < -0.39 is 0 Å². The minimum Gasteiger partial charge on any atom is -0.396 e. The number of anilines is 1. The van der Waals surface area contributed by atoms with Crippen LogP contribution in [-0.4, -0.2) is 30.1 Å². The van der Waals surface area contributed by atoms with Crippen LogP contribution in [0.1, 0.15) is 32.3 Å². The number of thioether (sulfide) groups is 1. The largest absolute Gasteiger partial charge is 0.396 e. The second-order valence-electron chi connectivity index (χ2n) is 5.59. The molecule has 18 heavy (non-hydrogen) atoms. The van der Waals surface area contributed by atoms with Crippen molar-refractivity contribution in [1.29, 1.82) is 0 Å². The second-order valence-corrected chi connectivity index (χ2v) is 6.73. The number of aliphatic hydroxyl groups excluding tert-OH is 1. The standard InChI is InChI=1S/C15H23NOS/c1-15(2,8-9-17)16(3)13-6-7-14-12(11-13)5-4-10-18-14/h6-7,11,17H,4-5,8-10H2,1-3H3. The lowest BCUT2D eigenvalue weighted by molar-refractivity contribution is 0.250. The van der Waals surface area contributed by atoms with Crippen molar-refractivity contribution in [2.24, 2.45) is 0 Å². The molecule has 2 nitrogen and oxygen atoms in total. The molecule has 1 N–H and O–H groups in total. The maximum absolute atomic E-state index is 9.16. The summed E-state index contributed by atoms with van der Waals surface area (Å²) in [6, 6.07) is 6.77. The second kappa shape index (κ2) is 5.54. The molecular formula is C15H23NOS. The van der Waals surface area contributed by atoms with E-state index >= 15 is 0 Å². The Hall–Kier alpha value is -0.670. The minimum atomic E-state index is -0.00913. The highest BCUT2D eigenvalue weighted by Gasteiger charge is 2.24. The Balaban J connectivity index is 2.23. The first kappa shape index (κ1) is 13.8. The Labute approximate surface area is 114 Å². The third-order valence-electron chi connectivity index (χ3n) is 3.91. The minimum absolute atomic E-state index is 0.00913. The number of benzene rings is 1. The molecule has 0 aromatic heterocycles. The monoisotopic (exact) mass is 265 g/mol. The van der Waals surface area contributed by atoms with Crippen LogP contribution in [0.2, 0.25) is 0 Å². The van der Waals surface area contributed by atoms with Crippen LogP contribution in [0.15, 0.2) is 23.1 Å². The van der Waals surface area contributed by atoms with Crippen LogP contribution >= 0.6 is 11.8 Å². The molecule has 3 heteroatoms. The van der Waals surface area contributed by atoms with Crippen molar-refractivity contribution >= 4 is 17.4 Å². The first-order valence-corrected chi connectivity index (χ1v) is 7.63. The SMILES string of the molecule is CN(c1ccc2c(c1)CCCS2)C(C)(C)CCO. The highest BCUT2D eigenvalue weighted by molar-refractivity contribution is 7.99. The molecule has 0 saturated heterocycles. The molecule has 1 aromatic carbocycles. The molecular weight excluding hydrogens is 242 g/mol. The van der Waals surface area contributed by atoms with Gasteiger partial charge in [-0.2, -0.15) is 0 Å². The lowest BCUT2D eigenvalue weighted by Gasteiger charge is -2.37. The summed E-state index contributed by atoms with van der Waals surface area (Å²) < 4.78 is 0. The molecule has 0 saturated carbocycles. The molecule has 0 bridgehead atoms. The van der Waals surface area contributed by atoms with E-state index in [9.17, 15) is 0 Å². The fraction of sp³-hybridized carbons (Fsp3) is 0.600. The van der Waals surface area contributed by atoms with Gasteiger partial charge in [0.2, 0.25) is 0 Å². The number of hydrogen-bond donors (Lipinski definition) is 1. The van der Waals surface area contributed by atoms with Crippen LogP contribution in [-0.2, 0) is 6.42 Å². The predicted octanol–water partition coefficient (Wildman–Crippen LogP) is 3.32.